The molecule has 0 bridgehead atoms. The predicted octanol–water partition coefficient (Wildman–Crippen LogP) is 3.35. The average Bonchev–Trinajstić information content (AvgIpc) is 3.42. The van der Waals surface area contributed by atoms with Crippen LogP contribution < -0.4 is 15.5 Å². The fourth-order valence-corrected chi connectivity index (χ4v) is 3.56. The molecule has 5 heteroatoms. The first-order chi connectivity index (χ1) is 11.8. The third-order valence-corrected chi connectivity index (χ3v) is 5.05. The first kappa shape index (κ1) is 17.1. The second-order valence-electron chi connectivity index (χ2n) is 6.97. The monoisotopic (exact) mass is 331 g/mol. The molecule has 1 aromatic rings. The van der Waals surface area contributed by atoms with E-state index >= 15 is 0 Å². The summed E-state index contributed by atoms with van der Waals surface area (Å²) in [6.45, 7) is 2.22. The van der Waals surface area contributed by atoms with Gasteiger partial charge in [0.25, 0.3) is 0 Å². The van der Waals surface area contributed by atoms with Crippen LogP contribution in [0.15, 0.2) is 24.3 Å². The van der Waals surface area contributed by atoms with E-state index in [0.717, 1.165) is 37.3 Å². The number of aliphatic hydroxyl groups excluding tert-OH is 1. The van der Waals surface area contributed by atoms with Gasteiger partial charge in [0.05, 0.1) is 11.4 Å². The van der Waals surface area contributed by atoms with Crippen molar-refractivity contribution in [3.05, 3.63) is 24.3 Å². The van der Waals surface area contributed by atoms with Gasteiger partial charge in [0.15, 0.2) is 0 Å². The van der Waals surface area contributed by atoms with E-state index in [4.69, 9.17) is 0 Å². The number of nitrogens with one attached hydrogen (secondary N) is 2. The molecule has 3 rings (SSSR count). The standard InChI is InChI=1S/C19H29N3O2/c23-14-11-16(15-9-10-15)20-19(24)21-17-7-3-4-8-18(17)22-12-5-1-2-6-13-22/h3-4,7-8,15-16,23H,1-2,5-6,9-14H2,(H2,20,21,24)/t16-/m0/s1. The van der Waals surface area contributed by atoms with Crippen molar-refractivity contribution < 1.29 is 9.90 Å². The van der Waals surface area contributed by atoms with Crippen LogP contribution in [0, 0.1) is 5.92 Å². The van der Waals surface area contributed by atoms with Crippen molar-refractivity contribution in [1.82, 2.24) is 5.32 Å². The van der Waals surface area contributed by atoms with E-state index in [1.165, 1.54) is 25.7 Å². The topological polar surface area (TPSA) is 64.6 Å². The Balaban J connectivity index is 1.64. The lowest BCUT2D eigenvalue weighted by atomic mass is 10.1. The van der Waals surface area contributed by atoms with Crippen LogP contribution in [-0.2, 0) is 0 Å². The molecular formula is C19H29N3O2. The summed E-state index contributed by atoms with van der Waals surface area (Å²) in [5.74, 6) is 0.531. The van der Waals surface area contributed by atoms with Crippen molar-refractivity contribution >= 4 is 17.4 Å². The minimum atomic E-state index is -0.164. The number of rotatable bonds is 6. The number of carbonyl (C=O) groups excluding carboxylic acids is 1. The molecule has 1 aromatic carbocycles. The molecular weight excluding hydrogens is 302 g/mol. The number of hydrogen-bond donors (Lipinski definition) is 3. The number of nitrogens with zero attached hydrogens (tertiary/aromatic N) is 1. The lowest BCUT2D eigenvalue weighted by Crippen LogP contribution is -2.40. The summed E-state index contributed by atoms with van der Waals surface area (Å²) in [4.78, 5) is 14.8. The maximum atomic E-state index is 12.4. The summed E-state index contributed by atoms with van der Waals surface area (Å²) in [5, 5.41) is 15.2. The van der Waals surface area contributed by atoms with E-state index in [-0.39, 0.29) is 18.7 Å². The predicted molar refractivity (Wildman–Crippen MR) is 97.5 cm³/mol. The van der Waals surface area contributed by atoms with Gasteiger partial charge >= 0.3 is 6.03 Å². The Morgan fingerprint density at radius 3 is 2.54 bits per heavy atom. The normalized spacial score (nSPS) is 19.5. The Bertz CT molecular complexity index is 537. The fourth-order valence-electron chi connectivity index (χ4n) is 3.56. The molecule has 0 aromatic heterocycles. The van der Waals surface area contributed by atoms with Crippen LogP contribution in [0.25, 0.3) is 0 Å². The molecule has 2 aliphatic rings. The zero-order valence-electron chi connectivity index (χ0n) is 14.3. The van der Waals surface area contributed by atoms with Gasteiger partial charge in [-0.05, 0) is 50.2 Å². The van der Waals surface area contributed by atoms with Crippen LogP contribution in [-0.4, -0.2) is 36.9 Å². The third-order valence-electron chi connectivity index (χ3n) is 5.05. The first-order valence-corrected chi connectivity index (χ1v) is 9.30. The summed E-state index contributed by atoms with van der Waals surface area (Å²) in [7, 11) is 0. The lowest BCUT2D eigenvalue weighted by molar-refractivity contribution is 0.234. The van der Waals surface area contributed by atoms with Gasteiger partial charge in [-0.3, -0.25) is 0 Å². The molecule has 0 unspecified atom stereocenters. The van der Waals surface area contributed by atoms with Crippen molar-refractivity contribution in [3.8, 4) is 0 Å². The number of anilines is 2. The fraction of sp³-hybridized carbons (Fsp3) is 0.632. The zero-order chi connectivity index (χ0) is 16.8. The number of hydrogen-bond acceptors (Lipinski definition) is 3. The number of amides is 2. The van der Waals surface area contributed by atoms with Gasteiger partial charge < -0.3 is 20.6 Å². The molecule has 3 N–H and O–H groups in total. The van der Waals surface area contributed by atoms with Crippen molar-refractivity contribution in [2.75, 3.05) is 29.9 Å². The van der Waals surface area contributed by atoms with Crippen molar-refractivity contribution in [2.45, 2.75) is 51.0 Å². The molecule has 24 heavy (non-hydrogen) atoms. The van der Waals surface area contributed by atoms with Crippen molar-refractivity contribution in [2.24, 2.45) is 5.92 Å². The molecule has 1 saturated heterocycles. The largest absolute Gasteiger partial charge is 0.396 e. The third kappa shape index (κ3) is 4.63. The molecule has 1 heterocycles. The number of para-hydroxylation sites is 2. The molecule has 0 radical (unpaired) electrons. The molecule has 1 saturated carbocycles. The summed E-state index contributed by atoms with van der Waals surface area (Å²) < 4.78 is 0. The minimum Gasteiger partial charge on any atom is -0.396 e. The molecule has 5 nitrogen and oxygen atoms in total. The molecule has 0 spiro atoms. The van der Waals surface area contributed by atoms with E-state index in [1.54, 1.807) is 0 Å². The smallest absolute Gasteiger partial charge is 0.319 e. The molecule has 1 atom stereocenters. The summed E-state index contributed by atoms with van der Waals surface area (Å²) in [6, 6.07) is 7.97. The van der Waals surface area contributed by atoms with E-state index in [1.807, 2.05) is 18.2 Å². The molecule has 1 aliphatic heterocycles. The average molecular weight is 331 g/mol. The Kier molecular flexibility index (Phi) is 5.96. The van der Waals surface area contributed by atoms with Gasteiger partial charge in [-0.2, -0.15) is 0 Å². The summed E-state index contributed by atoms with van der Waals surface area (Å²) >= 11 is 0. The van der Waals surface area contributed by atoms with Crippen LogP contribution in [0.1, 0.15) is 44.9 Å². The van der Waals surface area contributed by atoms with Crippen LogP contribution in [0.3, 0.4) is 0 Å². The molecule has 2 amide bonds. The van der Waals surface area contributed by atoms with E-state index < -0.39 is 0 Å². The Morgan fingerprint density at radius 2 is 1.88 bits per heavy atom. The molecule has 1 aliphatic carbocycles. The SMILES string of the molecule is O=C(Nc1ccccc1N1CCCCCC1)N[C@@H](CCO)C1CC1. The second-order valence-corrected chi connectivity index (χ2v) is 6.97. The Morgan fingerprint density at radius 1 is 1.17 bits per heavy atom. The highest BCUT2D eigenvalue weighted by Crippen LogP contribution is 2.34. The first-order valence-electron chi connectivity index (χ1n) is 9.30. The lowest BCUT2D eigenvalue weighted by Gasteiger charge is -2.26. The quantitative estimate of drug-likeness (QED) is 0.749. The van der Waals surface area contributed by atoms with Gasteiger partial charge in [0, 0.05) is 25.7 Å². The van der Waals surface area contributed by atoms with Crippen molar-refractivity contribution in [1.29, 1.82) is 0 Å². The molecule has 2 fully saturated rings. The maximum absolute atomic E-state index is 12.4. The zero-order valence-corrected chi connectivity index (χ0v) is 14.3. The van der Waals surface area contributed by atoms with Gasteiger partial charge in [-0.15, -0.1) is 0 Å². The van der Waals surface area contributed by atoms with Gasteiger partial charge in [-0.1, -0.05) is 25.0 Å². The minimum absolute atomic E-state index is 0.0837. The van der Waals surface area contributed by atoms with Crippen LogP contribution in [0.4, 0.5) is 16.2 Å². The van der Waals surface area contributed by atoms with E-state index in [9.17, 15) is 9.90 Å². The summed E-state index contributed by atoms with van der Waals surface area (Å²) in [5.41, 5.74) is 1.98. The van der Waals surface area contributed by atoms with Gasteiger partial charge in [0.1, 0.15) is 0 Å². The number of urea groups is 1. The van der Waals surface area contributed by atoms with Crippen LogP contribution in [0.5, 0.6) is 0 Å². The van der Waals surface area contributed by atoms with Crippen LogP contribution >= 0.6 is 0 Å². The number of benzene rings is 1. The number of carbonyl (C=O) groups is 1. The van der Waals surface area contributed by atoms with Crippen LogP contribution in [0.2, 0.25) is 0 Å². The highest BCUT2D eigenvalue weighted by atomic mass is 16.3. The summed E-state index contributed by atoms with van der Waals surface area (Å²) in [6.07, 6.45) is 7.92. The van der Waals surface area contributed by atoms with E-state index in [0.29, 0.717) is 12.3 Å². The second kappa shape index (κ2) is 8.38. The van der Waals surface area contributed by atoms with Gasteiger partial charge in [0.2, 0.25) is 0 Å². The highest BCUT2D eigenvalue weighted by Gasteiger charge is 2.31. The van der Waals surface area contributed by atoms with E-state index in [2.05, 4.69) is 21.6 Å². The maximum Gasteiger partial charge on any atom is 0.319 e. The number of aliphatic hydroxyl groups is 1. The Hall–Kier alpha value is -1.75. The molecule has 132 valence electrons. The highest BCUT2D eigenvalue weighted by molar-refractivity contribution is 5.93. The van der Waals surface area contributed by atoms with Gasteiger partial charge in [-0.25, -0.2) is 4.79 Å². The van der Waals surface area contributed by atoms with Crippen molar-refractivity contribution in [3.63, 3.8) is 0 Å². The Labute approximate surface area is 144 Å².